The standard InChI is InChI=1S/C35H36N5O3.2C2H6.H2/c1-6-23-16-31-34(38-33(23)24-7-9-37-22(3)12-24)40(28-8-10-39(31)19-28)32(41)11-21(2)26-13-27(18-36-17-26)30-15-25(30)14-29-20-42-35(4,5)43-29;2*1-2;/h6-7,9,12-13,15-18,28-29H,1-2,8,10-11,14,19-20H2,3-5H3;2*1-2H3;1H/t28-,29+;;;/m0.../s1. The highest BCUT2D eigenvalue weighted by Crippen LogP contribution is 2.44. The van der Waals surface area contributed by atoms with Crippen molar-refractivity contribution in [3.63, 3.8) is 0 Å². The maximum atomic E-state index is 14.0. The highest BCUT2D eigenvalue weighted by atomic mass is 16.7. The molecular weight excluding hydrogens is 586 g/mol. The highest BCUT2D eigenvalue weighted by molar-refractivity contribution is 6.03. The fourth-order valence-corrected chi connectivity index (χ4v) is 6.50. The predicted octanol–water partition coefficient (Wildman–Crippen LogP) is 8.22. The quantitative estimate of drug-likeness (QED) is 0.246. The molecule has 3 aliphatic heterocycles. The van der Waals surface area contributed by atoms with Crippen molar-refractivity contribution in [2.45, 2.75) is 85.7 Å². The second-order valence-electron chi connectivity index (χ2n) is 12.3. The van der Waals surface area contributed by atoms with Gasteiger partial charge in [-0.05, 0) is 74.6 Å². The number of hydrogen-bond donors (Lipinski definition) is 0. The second-order valence-corrected chi connectivity index (χ2v) is 12.3. The lowest BCUT2D eigenvalue weighted by Crippen LogP contribution is -2.46. The minimum absolute atomic E-state index is 0. The highest BCUT2D eigenvalue weighted by Gasteiger charge is 2.41. The fraction of sp³-hybridized carbons (Fsp3) is 0.410. The molecule has 0 unspecified atom stereocenters. The number of carbonyl (C=O) groups is 1. The molecule has 1 aliphatic carbocycles. The number of ether oxygens (including phenoxy) is 2. The number of nitrogens with zero attached hydrogens (tertiary/aromatic N) is 5. The molecule has 0 N–H and O–H groups in total. The van der Waals surface area contributed by atoms with Gasteiger partial charge in [0.05, 0.1) is 42.5 Å². The van der Waals surface area contributed by atoms with E-state index in [0.29, 0.717) is 12.4 Å². The van der Waals surface area contributed by atoms with Crippen molar-refractivity contribution in [2.24, 2.45) is 0 Å². The SMILES string of the molecule is C=Cc1cc2c(nc1-c1ccnc(C)c1)N(C(=O)CC(=C)c1cncc([C]3C=C3C[C@@H]3COC(C)(C)O3)c1)[C@H]1CCN2C1.CC.CC.[HH]. The molecule has 1 amide bonds. The van der Waals surface area contributed by atoms with Crippen molar-refractivity contribution in [1.82, 2.24) is 15.0 Å². The average molecular weight is 637 g/mol. The van der Waals surface area contributed by atoms with Crippen molar-refractivity contribution in [2.75, 3.05) is 29.5 Å². The first-order valence-corrected chi connectivity index (χ1v) is 16.9. The number of anilines is 2. The van der Waals surface area contributed by atoms with Gasteiger partial charge in [0, 0.05) is 49.9 Å². The van der Waals surface area contributed by atoms with E-state index in [1.807, 2.05) is 77.8 Å². The topological polar surface area (TPSA) is 80.7 Å². The van der Waals surface area contributed by atoms with E-state index >= 15 is 0 Å². The molecule has 2 saturated heterocycles. The van der Waals surface area contributed by atoms with E-state index in [4.69, 9.17) is 14.5 Å². The second kappa shape index (κ2) is 14.3. The Morgan fingerprint density at radius 2 is 1.94 bits per heavy atom. The summed E-state index contributed by atoms with van der Waals surface area (Å²) < 4.78 is 11.7. The largest absolute Gasteiger partial charge is 0.366 e. The Balaban J connectivity index is 0.00000100. The molecule has 2 bridgehead atoms. The van der Waals surface area contributed by atoms with Gasteiger partial charge in [0.25, 0.3) is 0 Å². The number of rotatable bonds is 8. The smallest absolute Gasteiger partial charge is 0.232 e. The van der Waals surface area contributed by atoms with Gasteiger partial charge in [-0.1, -0.05) is 58.6 Å². The number of carbonyl (C=O) groups excluding carboxylic acids is 1. The molecule has 1 radical (unpaired) electrons. The summed E-state index contributed by atoms with van der Waals surface area (Å²) in [6, 6.07) is 8.24. The predicted molar refractivity (Wildman–Crippen MR) is 193 cm³/mol. The van der Waals surface area contributed by atoms with Crippen LogP contribution in [-0.4, -0.2) is 58.5 Å². The van der Waals surface area contributed by atoms with E-state index in [-0.39, 0.29) is 25.9 Å². The Kier molecular flexibility index (Phi) is 10.4. The van der Waals surface area contributed by atoms with Crippen LogP contribution >= 0.6 is 0 Å². The zero-order valence-electron chi connectivity index (χ0n) is 29.0. The molecular formula is C39H50N5O3. The van der Waals surface area contributed by atoms with Crippen molar-refractivity contribution in [1.29, 1.82) is 0 Å². The van der Waals surface area contributed by atoms with E-state index in [1.165, 1.54) is 11.5 Å². The Morgan fingerprint density at radius 1 is 1.15 bits per heavy atom. The van der Waals surface area contributed by atoms with Crippen LogP contribution in [0.25, 0.3) is 22.9 Å². The van der Waals surface area contributed by atoms with Crippen molar-refractivity contribution >= 4 is 29.1 Å². The van der Waals surface area contributed by atoms with Gasteiger partial charge in [-0.3, -0.25) is 19.7 Å². The molecule has 0 aromatic carbocycles. The first kappa shape index (κ1) is 34.2. The summed E-state index contributed by atoms with van der Waals surface area (Å²) in [5.41, 5.74) is 8.49. The number of fused-ring (bicyclic) bond motifs is 4. The molecule has 3 aromatic heterocycles. The molecule has 3 aromatic rings. The molecule has 6 heterocycles. The summed E-state index contributed by atoms with van der Waals surface area (Å²) in [6.07, 6.45) is 11.4. The molecule has 249 valence electrons. The zero-order valence-corrected chi connectivity index (χ0v) is 29.0. The van der Waals surface area contributed by atoms with Gasteiger partial charge in [-0.15, -0.1) is 0 Å². The summed E-state index contributed by atoms with van der Waals surface area (Å²) in [4.78, 5) is 32.2. The van der Waals surface area contributed by atoms with E-state index in [0.717, 1.165) is 70.8 Å². The molecule has 0 spiro atoms. The third-order valence-electron chi connectivity index (χ3n) is 8.69. The maximum Gasteiger partial charge on any atom is 0.232 e. The zero-order chi connectivity index (χ0) is 33.9. The van der Waals surface area contributed by atoms with Crippen LogP contribution in [0.4, 0.5) is 11.5 Å². The van der Waals surface area contributed by atoms with Crippen LogP contribution in [0.5, 0.6) is 0 Å². The maximum absolute atomic E-state index is 14.0. The van der Waals surface area contributed by atoms with Gasteiger partial charge >= 0.3 is 0 Å². The lowest BCUT2D eigenvalue weighted by Gasteiger charge is -2.36. The van der Waals surface area contributed by atoms with Crippen LogP contribution < -0.4 is 9.80 Å². The number of allylic oxidation sites excluding steroid dienone is 1. The van der Waals surface area contributed by atoms with Crippen LogP contribution in [0.1, 0.15) is 84.6 Å². The van der Waals surface area contributed by atoms with Gasteiger partial charge in [-0.25, -0.2) is 4.98 Å². The summed E-state index contributed by atoms with van der Waals surface area (Å²) in [6.45, 7) is 24.5. The lowest BCUT2D eigenvalue weighted by atomic mass is 9.99. The van der Waals surface area contributed by atoms with E-state index in [1.54, 1.807) is 12.4 Å². The van der Waals surface area contributed by atoms with Gasteiger partial charge in [0.1, 0.15) is 0 Å². The Hall–Kier alpha value is -4.14. The van der Waals surface area contributed by atoms with Crippen LogP contribution in [-0.2, 0) is 14.3 Å². The monoisotopic (exact) mass is 636 g/mol. The molecule has 7 rings (SSSR count). The normalized spacial score (nSPS) is 20.3. The minimum atomic E-state index is -0.527. The first-order chi connectivity index (χ1) is 22.7. The number of amides is 1. The summed E-state index contributed by atoms with van der Waals surface area (Å²) >= 11 is 0. The summed E-state index contributed by atoms with van der Waals surface area (Å²) in [5, 5.41) is 0. The third kappa shape index (κ3) is 7.24. The molecule has 8 heteroatoms. The summed E-state index contributed by atoms with van der Waals surface area (Å²) in [5.74, 6) is 1.36. The molecule has 8 nitrogen and oxygen atoms in total. The van der Waals surface area contributed by atoms with Gasteiger partial charge < -0.3 is 14.4 Å². The van der Waals surface area contributed by atoms with Gasteiger partial charge in [0.2, 0.25) is 5.91 Å². The summed E-state index contributed by atoms with van der Waals surface area (Å²) in [7, 11) is 0. The molecule has 4 aliphatic rings. The van der Waals surface area contributed by atoms with Crippen molar-refractivity contribution in [3.05, 3.63) is 96.0 Å². The Bertz CT molecular complexity index is 1690. The first-order valence-electron chi connectivity index (χ1n) is 16.9. The van der Waals surface area contributed by atoms with E-state index < -0.39 is 5.79 Å². The van der Waals surface area contributed by atoms with E-state index in [2.05, 4.69) is 46.2 Å². The lowest BCUT2D eigenvalue weighted by molar-refractivity contribution is -0.137. The van der Waals surface area contributed by atoms with Crippen molar-refractivity contribution < 1.29 is 15.7 Å². The number of pyridine rings is 3. The molecule has 0 saturated carbocycles. The van der Waals surface area contributed by atoms with Crippen LogP contribution in [0.3, 0.4) is 0 Å². The molecule has 47 heavy (non-hydrogen) atoms. The number of aryl methyl sites for hydroxylation is 1. The van der Waals surface area contributed by atoms with Gasteiger partial charge in [-0.2, -0.15) is 0 Å². The fourth-order valence-electron chi connectivity index (χ4n) is 6.50. The minimum Gasteiger partial charge on any atom is -0.366 e. The van der Waals surface area contributed by atoms with Crippen molar-refractivity contribution in [3.8, 4) is 11.3 Å². The van der Waals surface area contributed by atoms with E-state index in [9.17, 15) is 4.79 Å². The number of aromatic nitrogens is 3. The molecule has 2 fully saturated rings. The Morgan fingerprint density at radius 3 is 2.64 bits per heavy atom. The van der Waals surface area contributed by atoms with Gasteiger partial charge in [0.15, 0.2) is 11.6 Å². The number of hydrogen-bond acceptors (Lipinski definition) is 7. The van der Waals surface area contributed by atoms with Crippen LogP contribution in [0, 0.1) is 12.8 Å². The Labute approximate surface area is 281 Å². The molecule has 2 atom stereocenters. The average Bonchev–Trinajstić information content (AvgIpc) is 3.59. The third-order valence-corrected chi connectivity index (χ3v) is 8.69. The van der Waals surface area contributed by atoms with Crippen LogP contribution in [0.2, 0.25) is 0 Å². The van der Waals surface area contributed by atoms with Crippen LogP contribution in [0.15, 0.2) is 67.7 Å².